The summed E-state index contributed by atoms with van der Waals surface area (Å²) in [6, 6.07) is 5.67. The van der Waals surface area contributed by atoms with Crippen molar-refractivity contribution >= 4 is 21.7 Å². The molecule has 0 saturated carbocycles. The Bertz CT molecular complexity index is 650. The molecule has 1 amide bonds. The minimum atomic E-state index is -3.28. The second-order valence-corrected chi connectivity index (χ2v) is 8.14. The average Bonchev–Trinajstić information content (AvgIpc) is 2.51. The second kappa shape index (κ2) is 8.10. The van der Waals surface area contributed by atoms with Crippen LogP contribution in [0.5, 0.6) is 0 Å². The van der Waals surface area contributed by atoms with Crippen LogP contribution >= 0.6 is 0 Å². The van der Waals surface area contributed by atoms with E-state index in [2.05, 4.69) is 5.32 Å². The van der Waals surface area contributed by atoms with E-state index in [-0.39, 0.29) is 17.9 Å². The Hall–Kier alpha value is -1.89. The maximum Gasteiger partial charge on any atom is 0.326 e. The highest BCUT2D eigenvalue weighted by atomic mass is 32.2. The van der Waals surface area contributed by atoms with Gasteiger partial charge >= 0.3 is 5.97 Å². The van der Waals surface area contributed by atoms with E-state index in [1.165, 1.54) is 6.92 Å². The zero-order chi connectivity index (χ0) is 17.6. The number of hydrogen-bond donors (Lipinski definition) is 2. The Balaban J connectivity index is 2.76. The van der Waals surface area contributed by atoms with Crippen molar-refractivity contribution in [1.82, 2.24) is 5.32 Å². The van der Waals surface area contributed by atoms with Crippen LogP contribution in [0.2, 0.25) is 0 Å². The zero-order valence-electron chi connectivity index (χ0n) is 13.6. The normalized spacial score (nSPS) is 12.9. The number of carboxylic acids is 1. The molecular formula is C16H23NO5S. The maximum absolute atomic E-state index is 12.1. The Kier molecular flexibility index (Phi) is 6.75. The van der Waals surface area contributed by atoms with Crippen molar-refractivity contribution in [1.29, 1.82) is 0 Å². The summed E-state index contributed by atoms with van der Waals surface area (Å²) in [6.07, 6.45) is -0.151. The highest BCUT2D eigenvalue weighted by Gasteiger charge is 2.23. The standard InChI is InChI=1S/C16H23NO5S/c1-4-23(21,22)10-9-14(16(19)20)17-15(18)13-7-5-12(6-8-13)11(2)3/h5-8,11,14H,4,9-10H2,1-3H3,(H,17,18)(H,19,20). The monoisotopic (exact) mass is 341 g/mol. The Morgan fingerprint density at radius 1 is 1.17 bits per heavy atom. The van der Waals surface area contributed by atoms with Crippen molar-refractivity contribution in [3.8, 4) is 0 Å². The van der Waals surface area contributed by atoms with Crippen LogP contribution in [0.25, 0.3) is 0 Å². The predicted octanol–water partition coefficient (Wildman–Crippen LogP) is 1.82. The molecule has 0 aliphatic carbocycles. The van der Waals surface area contributed by atoms with E-state index in [4.69, 9.17) is 5.11 Å². The van der Waals surface area contributed by atoms with Gasteiger partial charge in [0.1, 0.15) is 15.9 Å². The van der Waals surface area contributed by atoms with Crippen LogP contribution < -0.4 is 5.32 Å². The molecule has 0 aliphatic rings. The van der Waals surface area contributed by atoms with Crippen molar-refractivity contribution in [3.63, 3.8) is 0 Å². The summed E-state index contributed by atoms with van der Waals surface area (Å²) in [4.78, 5) is 23.3. The first-order chi connectivity index (χ1) is 10.7. The first kappa shape index (κ1) is 19.2. The summed E-state index contributed by atoms with van der Waals surface area (Å²) >= 11 is 0. The second-order valence-electron chi connectivity index (χ2n) is 5.67. The third kappa shape index (κ3) is 6.02. The van der Waals surface area contributed by atoms with Crippen molar-refractivity contribution in [2.45, 2.75) is 39.2 Å². The minimum absolute atomic E-state index is 0.0516. The fourth-order valence-electron chi connectivity index (χ4n) is 1.96. The highest BCUT2D eigenvalue weighted by Crippen LogP contribution is 2.14. The van der Waals surface area contributed by atoms with Gasteiger partial charge in [-0.1, -0.05) is 32.9 Å². The molecule has 0 bridgehead atoms. The van der Waals surface area contributed by atoms with Gasteiger partial charge in [0.05, 0.1) is 5.75 Å². The number of rotatable bonds is 8. The van der Waals surface area contributed by atoms with Crippen LogP contribution in [0, 0.1) is 0 Å². The number of carbonyl (C=O) groups is 2. The molecule has 0 radical (unpaired) electrons. The number of sulfone groups is 1. The van der Waals surface area contributed by atoms with Crippen LogP contribution in [0.3, 0.4) is 0 Å². The lowest BCUT2D eigenvalue weighted by Gasteiger charge is -2.15. The number of carboxylic acid groups (broad SMARTS) is 1. The van der Waals surface area contributed by atoms with Crippen molar-refractivity contribution in [3.05, 3.63) is 35.4 Å². The van der Waals surface area contributed by atoms with Gasteiger partial charge in [-0.2, -0.15) is 0 Å². The number of hydrogen-bond acceptors (Lipinski definition) is 4. The van der Waals surface area contributed by atoms with Crippen molar-refractivity contribution < 1.29 is 23.1 Å². The third-order valence-electron chi connectivity index (χ3n) is 3.60. The van der Waals surface area contributed by atoms with Crippen LogP contribution in [0.1, 0.15) is 49.0 Å². The summed E-state index contributed by atoms with van der Waals surface area (Å²) in [5, 5.41) is 11.5. The average molecular weight is 341 g/mol. The molecule has 0 spiro atoms. The molecule has 2 N–H and O–H groups in total. The molecule has 0 fully saturated rings. The zero-order valence-corrected chi connectivity index (χ0v) is 14.4. The summed E-state index contributed by atoms with van der Waals surface area (Å²) in [7, 11) is -3.28. The number of benzene rings is 1. The van der Waals surface area contributed by atoms with Crippen LogP contribution in [-0.2, 0) is 14.6 Å². The van der Waals surface area contributed by atoms with Gasteiger partial charge in [0.15, 0.2) is 0 Å². The van der Waals surface area contributed by atoms with Gasteiger partial charge in [0.2, 0.25) is 0 Å². The number of aliphatic carboxylic acids is 1. The van der Waals surface area contributed by atoms with Crippen LogP contribution in [0.15, 0.2) is 24.3 Å². The van der Waals surface area contributed by atoms with Gasteiger partial charge in [-0.3, -0.25) is 4.79 Å². The Labute approximate surface area is 136 Å². The molecule has 7 heteroatoms. The molecule has 1 aromatic carbocycles. The van der Waals surface area contributed by atoms with Crippen molar-refractivity contribution in [2.24, 2.45) is 0 Å². The van der Waals surface area contributed by atoms with E-state index >= 15 is 0 Å². The van der Waals surface area contributed by atoms with Crippen LogP contribution in [0.4, 0.5) is 0 Å². The van der Waals surface area contributed by atoms with E-state index in [0.717, 1.165) is 5.56 Å². The van der Waals surface area contributed by atoms with E-state index in [9.17, 15) is 18.0 Å². The summed E-state index contributed by atoms with van der Waals surface area (Å²) in [5.41, 5.74) is 1.42. The summed E-state index contributed by atoms with van der Waals surface area (Å²) < 4.78 is 23.0. The largest absolute Gasteiger partial charge is 0.480 e. The van der Waals surface area contributed by atoms with Crippen molar-refractivity contribution in [2.75, 3.05) is 11.5 Å². The molecule has 0 aromatic heterocycles. The molecular weight excluding hydrogens is 318 g/mol. The fourth-order valence-corrected chi connectivity index (χ4v) is 2.84. The van der Waals surface area contributed by atoms with E-state index in [0.29, 0.717) is 11.5 Å². The van der Waals surface area contributed by atoms with E-state index in [1.807, 2.05) is 26.0 Å². The lowest BCUT2D eigenvalue weighted by atomic mass is 10.0. The molecule has 1 atom stereocenters. The lowest BCUT2D eigenvalue weighted by molar-refractivity contribution is -0.139. The predicted molar refractivity (Wildman–Crippen MR) is 88.4 cm³/mol. The minimum Gasteiger partial charge on any atom is -0.480 e. The molecule has 1 aromatic rings. The maximum atomic E-state index is 12.1. The first-order valence-corrected chi connectivity index (χ1v) is 9.32. The first-order valence-electron chi connectivity index (χ1n) is 7.50. The molecule has 1 unspecified atom stereocenters. The van der Waals surface area contributed by atoms with E-state index in [1.54, 1.807) is 12.1 Å². The molecule has 0 aliphatic heterocycles. The topological polar surface area (TPSA) is 101 Å². The molecule has 128 valence electrons. The van der Waals surface area contributed by atoms with Gasteiger partial charge < -0.3 is 10.4 Å². The van der Waals surface area contributed by atoms with Gasteiger partial charge in [0.25, 0.3) is 5.91 Å². The van der Waals surface area contributed by atoms with Gasteiger partial charge in [0, 0.05) is 11.3 Å². The van der Waals surface area contributed by atoms with Crippen LogP contribution in [-0.4, -0.2) is 42.9 Å². The third-order valence-corrected chi connectivity index (χ3v) is 5.34. The Morgan fingerprint density at radius 3 is 2.17 bits per heavy atom. The summed E-state index contributed by atoms with van der Waals surface area (Å²) in [5.74, 6) is -1.76. The fraction of sp³-hybridized carbons (Fsp3) is 0.500. The van der Waals surface area contributed by atoms with Gasteiger partial charge in [-0.25, -0.2) is 13.2 Å². The SMILES string of the molecule is CCS(=O)(=O)CCC(NC(=O)c1ccc(C(C)C)cc1)C(=O)O. The lowest BCUT2D eigenvalue weighted by Crippen LogP contribution is -2.42. The molecule has 23 heavy (non-hydrogen) atoms. The molecule has 0 saturated heterocycles. The van der Waals surface area contributed by atoms with Gasteiger partial charge in [-0.15, -0.1) is 0 Å². The Morgan fingerprint density at radius 2 is 1.74 bits per heavy atom. The summed E-state index contributed by atoms with van der Waals surface area (Å²) in [6.45, 7) is 5.56. The molecule has 1 rings (SSSR count). The number of amides is 1. The quantitative estimate of drug-likeness (QED) is 0.751. The number of nitrogens with one attached hydrogen (secondary N) is 1. The smallest absolute Gasteiger partial charge is 0.326 e. The highest BCUT2D eigenvalue weighted by molar-refractivity contribution is 7.91. The molecule has 6 nitrogen and oxygen atoms in total. The number of carbonyl (C=O) groups excluding carboxylic acids is 1. The molecule has 0 heterocycles. The van der Waals surface area contributed by atoms with E-state index < -0.39 is 27.8 Å². The van der Waals surface area contributed by atoms with Gasteiger partial charge in [-0.05, 0) is 30.0 Å².